The number of nitrogens with one attached hydrogen (secondary N) is 1. The molecule has 2 aromatic carbocycles. The molecule has 0 fully saturated rings. The number of rotatable bonds is 7. The monoisotopic (exact) mass is 298 g/mol. The number of ether oxygens (including phenoxy) is 1. The molecule has 0 aliphatic rings. The Hall–Kier alpha value is -2.33. The minimum absolute atomic E-state index is 0.122. The van der Waals surface area contributed by atoms with E-state index >= 15 is 0 Å². The van der Waals surface area contributed by atoms with E-state index in [0.717, 1.165) is 23.3 Å². The van der Waals surface area contributed by atoms with E-state index in [2.05, 4.69) is 5.32 Å². The van der Waals surface area contributed by atoms with Crippen LogP contribution in [0.5, 0.6) is 5.75 Å². The van der Waals surface area contributed by atoms with Crippen molar-refractivity contribution in [3.8, 4) is 5.75 Å². The average molecular weight is 298 g/mol. The van der Waals surface area contributed by atoms with Crippen LogP contribution in [0.25, 0.3) is 0 Å². The Morgan fingerprint density at radius 1 is 1.09 bits per heavy atom. The number of carbonyl (C=O) groups is 1. The molecule has 0 radical (unpaired) electrons. The van der Waals surface area contributed by atoms with Crippen LogP contribution in [-0.2, 0) is 17.8 Å². The molecule has 1 amide bonds. The van der Waals surface area contributed by atoms with Crippen LogP contribution in [0.4, 0.5) is 0 Å². The minimum Gasteiger partial charge on any atom is -0.489 e. The second-order valence-electron chi connectivity index (χ2n) is 5.25. The molecule has 0 spiro atoms. The highest BCUT2D eigenvalue weighted by atomic mass is 16.5. The quantitative estimate of drug-likeness (QED) is 0.824. The summed E-state index contributed by atoms with van der Waals surface area (Å²) in [4.78, 5) is 11.4. The van der Waals surface area contributed by atoms with Crippen molar-refractivity contribution in [2.24, 2.45) is 5.73 Å². The molecule has 2 rings (SSSR count). The third-order valence-corrected chi connectivity index (χ3v) is 3.30. The Balaban J connectivity index is 1.77. The molecule has 4 nitrogen and oxygen atoms in total. The third-order valence-electron chi connectivity index (χ3n) is 3.30. The average Bonchev–Trinajstić information content (AvgIpc) is 2.55. The topological polar surface area (TPSA) is 64.4 Å². The maximum Gasteiger partial charge on any atom is 0.236 e. The Kier molecular flexibility index (Phi) is 5.98. The number of hydrogen-bond donors (Lipinski definition) is 2. The third kappa shape index (κ3) is 5.22. The van der Waals surface area contributed by atoms with Crippen LogP contribution in [-0.4, -0.2) is 18.5 Å². The largest absolute Gasteiger partial charge is 0.489 e. The van der Waals surface area contributed by atoms with Gasteiger partial charge in [-0.3, -0.25) is 4.79 Å². The lowest BCUT2D eigenvalue weighted by molar-refractivity contribution is -0.121. The summed E-state index contributed by atoms with van der Waals surface area (Å²) in [6.07, 6.45) is 0.775. The van der Waals surface area contributed by atoms with Crippen LogP contribution in [0.3, 0.4) is 0 Å². The minimum atomic E-state index is -0.464. The maximum absolute atomic E-state index is 11.4. The highest BCUT2D eigenvalue weighted by Crippen LogP contribution is 2.14. The Bertz CT molecular complexity index is 580. The highest BCUT2D eigenvalue weighted by Gasteiger charge is 2.05. The molecule has 0 heterocycles. The number of amides is 1. The van der Waals surface area contributed by atoms with Crippen LogP contribution < -0.4 is 15.8 Å². The Labute approximate surface area is 131 Å². The summed E-state index contributed by atoms with van der Waals surface area (Å²) in [7, 11) is 0. The molecule has 0 saturated carbocycles. The van der Waals surface area contributed by atoms with Crippen molar-refractivity contribution in [3.63, 3.8) is 0 Å². The summed E-state index contributed by atoms with van der Waals surface area (Å²) in [6.45, 7) is 2.82. The summed E-state index contributed by atoms with van der Waals surface area (Å²) in [5.41, 5.74) is 7.78. The number of nitrogens with two attached hydrogens (primary N) is 1. The lowest BCUT2D eigenvalue weighted by atomic mass is 10.1. The summed E-state index contributed by atoms with van der Waals surface area (Å²) < 4.78 is 5.73. The van der Waals surface area contributed by atoms with Crippen LogP contribution in [0.1, 0.15) is 18.1 Å². The van der Waals surface area contributed by atoms with E-state index in [9.17, 15) is 4.79 Å². The van der Waals surface area contributed by atoms with Gasteiger partial charge < -0.3 is 15.8 Å². The van der Waals surface area contributed by atoms with E-state index in [1.54, 1.807) is 6.92 Å². The second kappa shape index (κ2) is 8.20. The molecule has 0 saturated heterocycles. The van der Waals surface area contributed by atoms with E-state index in [1.807, 2.05) is 54.6 Å². The van der Waals surface area contributed by atoms with Crippen molar-refractivity contribution >= 4 is 5.91 Å². The molecule has 0 aliphatic heterocycles. The van der Waals surface area contributed by atoms with Crippen LogP contribution in [0.15, 0.2) is 54.6 Å². The first kappa shape index (κ1) is 16.0. The fraction of sp³-hybridized carbons (Fsp3) is 0.278. The van der Waals surface area contributed by atoms with Crippen LogP contribution in [0.2, 0.25) is 0 Å². The lowest BCUT2D eigenvalue weighted by Crippen LogP contribution is -2.39. The van der Waals surface area contributed by atoms with Gasteiger partial charge in [-0.05, 0) is 36.6 Å². The predicted molar refractivity (Wildman–Crippen MR) is 87.6 cm³/mol. The number of hydrogen-bond acceptors (Lipinski definition) is 3. The Morgan fingerprint density at radius 3 is 2.41 bits per heavy atom. The second-order valence-corrected chi connectivity index (χ2v) is 5.25. The molecule has 1 atom stereocenters. The SMILES string of the molecule is CC(N)C(=O)NCCc1ccc(OCc2ccccc2)cc1. The molecule has 22 heavy (non-hydrogen) atoms. The molecule has 0 aromatic heterocycles. The van der Waals surface area contributed by atoms with Gasteiger partial charge in [-0.2, -0.15) is 0 Å². The van der Waals surface area contributed by atoms with Gasteiger partial charge in [-0.1, -0.05) is 42.5 Å². The Morgan fingerprint density at radius 2 is 1.77 bits per heavy atom. The maximum atomic E-state index is 11.4. The number of benzene rings is 2. The molecule has 116 valence electrons. The molecular formula is C18H22N2O2. The first-order valence-corrected chi connectivity index (χ1v) is 7.44. The van der Waals surface area contributed by atoms with Gasteiger partial charge in [0, 0.05) is 6.54 Å². The molecule has 0 bridgehead atoms. The van der Waals surface area contributed by atoms with Crippen LogP contribution >= 0.6 is 0 Å². The fourth-order valence-corrected chi connectivity index (χ4v) is 1.98. The van der Waals surface area contributed by atoms with E-state index < -0.39 is 6.04 Å². The van der Waals surface area contributed by atoms with Gasteiger partial charge in [0.1, 0.15) is 12.4 Å². The summed E-state index contributed by atoms with van der Waals surface area (Å²) in [5, 5.41) is 2.80. The zero-order valence-corrected chi connectivity index (χ0v) is 12.8. The molecule has 4 heteroatoms. The van der Waals surface area contributed by atoms with Crippen molar-refractivity contribution in [1.29, 1.82) is 0 Å². The van der Waals surface area contributed by atoms with Gasteiger partial charge in [0.15, 0.2) is 0 Å². The van der Waals surface area contributed by atoms with Gasteiger partial charge in [-0.25, -0.2) is 0 Å². The highest BCUT2D eigenvalue weighted by molar-refractivity contribution is 5.80. The number of carbonyl (C=O) groups excluding carboxylic acids is 1. The first-order valence-electron chi connectivity index (χ1n) is 7.44. The standard InChI is InChI=1S/C18H22N2O2/c1-14(19)18(21)20-12-11-15-7-9-17(10-8-15)22-13-16-5-3-2-4-6-16/h2-10,14H,11-13,19H2,1H3,(H,20,21). The smallest absolute Gasteiger partial charge is 0.236 e. The van der Waals surface area contributed by atoms with Crippen LogP contribution in [0, 0.1) is 0 Å². The predicted octanol–water partition coefficient (Wildman–Crippen LogP) is 2.27. The summed E-state index contributed by atoms with van der Waals surface area (Å²) >= 11 is 0. The molecule has 3 N–H and O–H groups in total. The summed E-state index contributed by atoms with van der Waals surface area (Å²) in [6, 6.07) is 17.5. The first-order chi connectivity index (χ1) is 10.6. The lowest BCUT2D eigenvalue weighted by Gasteiger charge is -2.09. The van der Waals surface area contributed by atoms with E-state index in [1.165, 1.54) is 0 Å². The van der Waals surface area contributed by atoms with Crippen molar-refractivity contribution < 1.29 is 9.53 Å². The molecule has 1 unspecified atom stereocenters. The van der Waals surface area contributed by atoms with E-state index in [-0.39, 0.29) is 5.91 Å². The van der Waals surface area contributed by atoms with Gasteiger partial charge >= 0.3 is 0 Å². The normalized spacial score (nSPS) is 11.7. The van der Waals surface area contributed by atoms with Crippen molar-refractivity contribution in [2.75, 3.05) is 6.54 Å². The van der Waals surface area contributed by atoms with Gasteiger partial charge in [0.25, 0.3) is 0 Å². The fourth-order valence-electron chi connectivity index (χ4n) is 1.98. The van der Waals surface area contributed by atoms with E-state index in [4.69, 9.17) is 10.5 Å². The van der Waals surface area contributed by atoms with E-state index in [0.29, 0.717) is 13.2 Å². The summed E-state index contributed by atoms with van der Waals surface area (Å²) in [5.74, 6) is 0.718. The van der Waals surface area contributed by atoms with Crippen molar-refractivity contribution in [1.82, 2.24) is 5.32 Å². The molecule has 0 aliphatic carbocycles. The zero-order chi connectivity index (χ0) is 15.8. The molecule has 2 aromatic rings. The van der Waals surface area contributed by atoms with Crippen molar-refractivity contribution in [3.05, 3.63) is 65.7 Å². The van der Waals surface area contributed by atoms with Crippen molar-refractivity contribution in [2.45, 2.75) is 26.0 Å². The zero-order valence-electron chi connectivity index (χ0n) is 12.8. The van der Waals surface area contributed by atoms with Gasteiger partial charge in [0.05, 0.1) is 6.04 Å². The molecular weight excluding hydrogens is 276 g/mol. The van der Waals surface area contributed by atoms with Gasteiger partial charge in [0.2, 0.25) is 5.91 Å². The van der Waals surface area contributed by atoms with Gasteiger partial charge in [-0.15, -0.1) is 0 Å².